The molecule has 7 rings (SSSR count). The fourth-order valence-corrected chi connectivity index (χ4v) is 5.43. The highest BCUT2D eigenvalue weighted by molar-refractivity contribution is 6.25. The number of pyridine rings is 1. The van der Waals surface area contributed by atoms with E-state index >= 15 is 0 Å². The van der Waals surface area contributed by atoms with Gasteiger partial charge in [0.2, 0.25) is 0 Å². The fraction of sp³-hybridized carbons (Fsp3) is 0. The summed E-state index contributed by atoms with van der Waals surface area (Å²) in [5.41, 5.74) is 5.43. The van der Waals surface area contributed by atoms with Crippen molar-refractivity contribution in [3.8, 4) is 11.5 Å². The molecular weight excluding hydrogens is 464 g/mol. The van der Waals surface area contributed by atoms with Gasteiger partial charge < -0.3 is 4.57 Å². The highest BCUT2D eigenvalue weighted by atomic mass is 15.1. The van der Waals surface area contributed by atoms with Crippen LogP contribution >= 0.6 is 0 Å². The summed E-state index contributed by atoms with van der Waals surface area (Å²) in [6.45, 7) is 3.67. The lowest BCUT2D eigenvalue weighted by atomic mass is 10.0. The van der Waals surface area contributed by atoms with Gasteiger partial charge in [0.1, 0.15) is 5.82 Å². The lowest BCUT2D eigenvalue weighted by Crippen LogP contribution is -1.99. The molecule has 0 amide bonds. The molecule has 0 aliphatic rings. The van der Waals surface area contributed by atoms with Crippen molar-refractivity contribution in [3.63, 3.8) is 0 Å². The number of nitrogens with zero attached hydrogens (tertiary/aromatic N) is 4. The van der Waals surface area contributed by atoms with Crippen molar-refractivity contribution < 1.29 is 0 Å². The zero-order valence-corrected chi connectivity index (χ0v) is 20.7. The smallest absolute Gasteiger partial charge is 0.138 e. The molecule has 0 unspecified atom stereocenters. The number of rotatable bonds is 5. The van der Waals surface area contributed by atoms with Gasteiger partial charge in [-0.2, -0.15) is 0 Å². The van der Waals surface area contributed by atoms with E-state index in [4.69, 9.17) is 4.98 Å². The van der Waals surface area contributed by atoms with Crippen LogP contribution < -0.4 is 0 Å². The minimum Gasteiger partial charge on any atom is -0.316 e. The van der Waals surface area contributed by atoms with Gasteiger partial charge in [0.05, 0.1) is 22.2 Å². The van der Waals surface area contributed by atoms with E-state index in [1.165, 1.54) is 26.9 Å². The number of benzene rings is 4. The molecule has 0 saturated carbocycles. The number of para-hydroxylation sites is 1. The Balaban J connectivity index is 1.58. The SMILES string of the molecule is C=C/C=N\C=C\c1cccc(-n2c3ccc4ccccc4c3c3ccc4c(ccn4-c4ccccc4)c32)n1. The first-order chi connectivity index (χ1) is 18.8. The number of aromatic nitrogens is 3. The third kappa shape index (κ3) is 3.46. The number of aliphatic imine (C=N–C) groups is 1. The zero-order valence-electron chi connectivity index (χ0n) is 20.7. The summed E-state index contributed by atoms with van der Waals surface area (Å²) in [6.07, 6.45) is 9.12. The van der Waals surface area contributed by atoms with Crippen LogP contribution in [0.5, 0.6) is 0 Å². The molecule has 180 valence electrons. The van der Waals surface area contributed by atoms with E-state index in [-0.39, 0.29) is 0 Å². The molecule has 0 fully saturated rings. The van der Waals surface area contributed by atoms with Crippen LogP contribution in [-0.4, -0.2) is 20.3 Å². The summed E-state index contributed by atoms with van der Waals surface area (Å²) in [4.78, 5) is 9.25. The lowest BCUT2D eigenvalue weighted by Gasteiger charge is -2.10. The Morgan fingerprint density at radius 1 is 0.711 bits per heavy atom. The molecule has 0 radical (unpaired) electrons. The number of hydrogen-bond acceptors (Lipinski definition) is 2. The molecule has 4 heteroatoms. The van der Waals surface area contributed by atoms with Crippen LogP contribution in [0.2, 0.25) is 0 Å². The van der Waals surface area contributed by atoms with E-state index < -0.39 is 0 Å². The Hall–Kier alpha value is -5.22. The van der Waals surface area contributed by atoms with Crippen LogP contribution in [0, 0.1) is 0 Å². The highest BCUT2D eigenvalue weighted by Crippen LogP contribution is 2.40. The number of allylic oxidation sites excluding steroid dienone is 1. The summed E-state index contributed by atoms with van der Waals surface area (Å²) < 4.78 is 4.55. The van der Waals surface area contributed by atoms with Crippen LogP contribution in [0.3, 0.4) is 0 Å². The first-order valence-electron chi connectivity index (χ1n) is 12.6. The van der Waals surface area contributed by atoms with E-state index in [0.29, 0.717) is 0 Å². The van der Waals surface area contributed by atoms with Crippen molar-refractivity contribution in [1.29, 1.82) is 0 Å². The van der Waals surface area contributed by atoms with E-state index in [2.05, 4.69) is 112 Å². The Morgan fingerprint density at radius 3 is 2.45 bits per heavy atom. The van der Waals surface area contributed by atoms with Crippen molar-refractivity contribution in [1.82, 2.24) is 14.1 Å². The van der Waals surface area contributed by atoms with E-state index in [1.54, 1.807) is 18.5 Å². The van der Waals surface area contributed by atoms with Crippen molar-refractivity contribution >= 4 is 55.8 Å². The first-order valence-corrected chi connectivity index (χ1v) is 12.6. The Kier molecular flexibility index (Phi) is 5.22. The van der Waals surface area contributed by atoms with E-state index in [9.17, 15) is 0 Å². The minimum absolute atomic E-state index is 0.841. The van der Waals surface area contributed by atoms with Crippen molar-refractivity contribution in [2.24, 2.45) is 4.99 Å². The molecule has 4 nitrogen and oxygen atoms in total. The molecule has 3 heterocycles. The van der Waals surface area contributed by atoms with Gasteiger partial charge in [-0.1, -0.05) is 73.3 Å². The monoisotopic (exact) mass is 488 g/mol. The van der Waals surface area contributed by atoms with Crippen LogP contribution in [0.15, 0.2) is 133 Å². The summed E-state index contributed by atoms with van der Waals surface area (Å²) >= 11 is 0. The van der Waals surface area contributed by atoms with Crippen molar-refractivity contribution in [2.75, 3.05) is 0 Å². The summed E-state index contributed by atoms with van der Waals surface area (Å²) in [5.74, 6) is 0.870. The second kappa shape index (κ2) is 9.02. The Bertz CT molecular complexity index is 2040. The van der Waals surface area contributed by atoms with Crippen molar-refractivity contribution in [2.45, 2.75) is 0 Å². The van der Waals surface area contributed by atoms with E-state index in [0.717, 1.165) is 33.7 Å². The minimum atomic E-state index is 0.841. The predicted octanol–water partition coefficient (Wildman–Crippen LogP) is 8.50. The predicted molar refractivity (Wildman–Crippen MR) is 161 cm³/mol. The van der Waals surface area contributed by atoms with Crippen LogP contribution in [0.25, 0.3) is 61.1 Å². The van der Waals surface area contributed by atoms with Crippen LogP contribution in [0.4, 0.5) is 0 Å². The molecule has 0 spiro atoms. The molecule has 0 bridgehead atoms. The average molecular weight is 489 g/mol. The Morgan fingerprint density at radius 2 is 1.55 bits per heavy atom. The maximum atomic E-state index is 5.03. The summed E-state index contributed by atoms with van der Waals surface area (Å²) in [7, 11) is 0. The van der Waals surface area contributed by atoms with Crippen molar-refractivity contribution in [3.05, 3.63) is 134 Å². The first kappa shape index (κ1) is 22.0. The van der Waals surface area contributed by atoms with Gasteiger partial charge in [0.25, 0.3) is 0 Å². The second-order valence-electron chi connectivity index (χ2n) is 9.20. The van der Waals surface area contributed by atoms with Gasteiger partial charge in [-0.05, 0) is 59.3 Å². The summed E-state index contributed by atoms with van der Waals surface area (Å²) in [6, 6.07) is 36.3. The van der Waals surface area contributed by atoms with Crippen LogP contribution in [0.1, 0.15) is 5.69 Å². The average Bonchev–Trinajstić information content (AvgIpc) is 3.55. The maximum Gasteiger partial charge on any atom is 0.138 e. The quantitative estimate of drug-likeness (QED) is 0.224. The van der Waals surface area contributed by atoms with Gasteiger partial charge in [0, 0.05) is 40.5 Å². The molecular formula is C34H24N4. The van der Waals surface area contributed by atoms with Crippen LogP contribution in [-0.2, 0) is 0 Å². The van der Waals surface area contributed by atoms with E-state index in [1.807, 2.05) is 24.3 Å². The fourth-order valence-electron chi connectivity index (χ4n) is 5.43. The number of fused-ring (bicyclic) bond motifs is 7. The molecule has 4 aromatic carbocycles. The molecule has 0 aliphatic heterocycles. The second-order valence-corrected chi connectivity index (χ2v) is 9.20. The third-order valence-electron chi connectivity index (χ3n) is 7.03. The molecule has 0 atom stereocenters. The van der Waals surface area contributed by atoms with Gasteiger partial charge >= 0.3 is 0 Å². The number of hydrogen-bond donors (Lipinski definition) is 0. The molecule has 7 aromatic rings. The maximum absolute atomic E-state index is 5.03. The molecule has 0 aliphatic carbocycles. The zero-order chi connectivity index (χ0) is 25.5. The van der Waals surface area contributed by atoms with Gasteiger partial charge in [-0.15, -0.1) is 0 Å². The molecule has 38 heavy (non-hydrogen) atoms. The van der Waals surface area contributed by atoms with Gasteiger partial charge in [0.15, 0.2) is 0 Å². The summed E-state index contributed by atoms with van der Waals surface area (Å²) in [5, 5.41) is 6.11. The Labute approximate surface area is 220 Å². The van der Waals surface area contributed by atoms with Gasteiger partial charge in [-0.25, -0.2) is 4.98 Å². The largest absolute Gasteiger partial charge is 0.316 e. The standard InChI is InChI=1S/C34H24N4/c1-2-21-35-22-19-25-10-8-14-32(36-25)38-31-17-15-24-9-6-7-13-27(24)33(31)29-16-18-30-28(34(29)38)20-23-37(30)26-11-4-3-5-12-26/h2-23H,1H2/b22-19+,35-21-. The van der Waals surface area contributed by atoms with Gasteiger partial charge in [-0.3, -0.25) is 9.56 Å². The molecule has 0 N–H and O–H groups in total. The topological polar surface area (TPSA) is 35.1 Å². The lowest BCUT2D eigenvalue weighted by molar-refractivity contribution is 1.08. The third-order valence-corrected chi connectivity index (χ3v) is 7.03. The molecule has 0 saturated heterocycles. The molecule has 3 aromatic heterocycles. The normalized spacial score (nSPS) is 12.1. The highest BCUT2D eigenvalue weighted by Gasteiger charge is 2.19.